The minimum Gasteiger partial charge on any atom is -0.341 e. The van der Waals surface area contributed by atoms with Gasteiger partial charge in [-0.1, -0.05) is 18.2 Å². The Morgan fingerprint density at radius 3 is 2.89 bits per heavy atom. The summed E-state index contributed by atoms with van der Waals surface area (Å²) < 4.78 is 38.8. The second-order valence-electron chi connectivity index (χ2n) is 7.87. The molecule has 2 aliphatic rings. The number of halogens is 3. The van der Waals surface area contributed by atoms with Crippen molar-refractivity contribution in [3.05, 3.63) is 58.7 Å². The third kappa shape index (κ3) is 3.50. The van der Waals surface area contributed by atoms with E-state index in [1.165, 1.54) is 6.07 Å². The topological polar surface area (TPSA) is 46.1 Å². The zero-order chi connectivity index (χ0) is 19.9. The van der Waals surface area contributed by atoms with Crippen molar-refractivity contribution in [2.75, 3.05) is 13.1 Å². The van der Waals surface area contributed by atoms with Gasteiger partial charge >= 0.3 is 6.18 Å². The highest BCUT2D eigenvalue weighted by Gasteiger charge is 2.44. The molecule has 1 atom stereocenters. The first-order valence-corrected chi connectivity index (χ1v) is 9.54. The molecule has 1 unspecified atom stereocenters. The molecule has 0 saturated carbocycles. The largest absolute Gasteiger partial charge is 0.416 e. The minimum atomic E-state index is -4.40. The van der Waals surface area contributed by atoms with Crippen molar-refractivity contribution >= 4 is 5.91 Å². The first kappa shape index (κ1) is 18.9. The highest BCUT2D eigenvalue weighted by Crippen LogP contribution is 2.44. The van der Waals surface area contributed by atoms with Crippen molar-refractivity contribution in [2.45, 2.75) is 50.6 Å². The number of aromatic nitrogens is 2. The lowest BCUT2D eigenvalue weighted by molar-refractivity contribution is -0.138. The number of carbonyl (C=O) groups is 1. The smallest absolute Gasteiger partial charge is 0.341 e. The molecule has 1 spiro atoms. The molecule has 2 heterocycles. The Balaban J connectivity index is 1.52. The maximum Gasteiger partial charge on any atom is 0.416 e. The molecule has 1 aliphatic heterocycles. The summed E-state index contributed by atoms with van der Waals surface area (Å²) in [6, 6.07) is 5.03. The number of fused-ring (bicyclic) bond motifs is 2. The van der Waals surface area contributed by atoms with Crippen LogP contribution in [0.5, 0.6) is 0 Å². The van der Waals surface area contributed by atoms with E-state index in [0.29, 0.717) is 18.7 Å². The molecule has 28 heavy (non-hydrogen) atoms. The third-order valence-corrected chi connectivity index (χ3v) is 5.90. The number of hydrogen-bond acceptors (Lipinski definition) is 3. The van der Waals surface area contributed by atoms with Crippen LogP contribution < -0.4 is 0 Å². The summed E-state index contributed by atoms with van der Waals surface area (Å²) in [6.45, 7) is 3.08. The number of benzene rings is 1. The normalized spacial score (nSPS) is 21.8. The predicted octanol–water partition coefficient (Wildman–Crippen LogP) is 3.85. The molecule has 1 aliphatic carbocycles. The Kier molecular flexibility index (Phi) is 4.63. The molecule has 0 N–H and O–H groups in total. The second kappa shape index (κ2) is 6.87. The Hall–Kier alpha value is -2.44. The van der Waals surface area contributed by atoms with Crippen LogP contribution in [0.15, 0.2) is 30.5 Å². The van der Waals surface area contributed by atoms with Crippen molar-refractivity contribution in [1.29, 1.82) is 0 Å². The quantitative estimate of drug-likeness (QED) is 0.784. The minimum absolute atomic E-state index is 0.0182. The summed E-state index contributed by atoms with van der Waals surface area (Å²) in [5.74, 6) is 0.602. The molecule has 1 saturated heterocycles. The van der Waals surface area contributed by atoms with E-state index in [2.05, 4.69) is 9.97 Å². The molecule has 1 aromatic heterocycles. The average Bonchev–Trinajstić information content (AvgIpc) is 2.98. The van der Waals surface area contributed by atoms with Gasteiger partial charge in [0.1, 0.15) is 5.82 Å². The summed E-state index contributed by atoms with van der Waals surface area (Å²) in [4.78, 5) is 23.6. The zero-order valence-corrected chi connectivity index (χ0v) is 15.7. The van der Waals surface area contributed by atoms with Crippen LogP contribution in [-0.2, 0) is 29.2 Å². The highest BCUT2D eigenvalue weighted by atomic mass is 19.4. The molecule has 7 heteroatoms. The van der Waals surface area contributed by atoms with E-state index in [0.717, 1.165) is 54.9 Å². The Morgan fingerprint density at radius 2 is 2.11 bits per heavy atom. The van der Waals surface area contributed by atoms with Crippen LogP contribution >= 0.6 is 0 Å². The Morgan fingerprint density at radius 1 is 1.29 bits per heavy atom. The van der Waals surface area contributed by atoms with Crippen LogP contribution in [0.1, 0.15) is 47.5 Å². The van der Waals surface area contributed by atoms with E-state index in [1.807, 2.05) is 13.1 Å². The molecule has 1 amide bonds. The molecule has 1 fully saturated rings. The second-order valence-corrected chi connectivity index (χ2v) is 7.87. The maximum atomic E-state index is 12.9. The number of aryl methyl sites for hydroxylation is 2. The number of rotatable bonds is 2. The summed E-state index contributed by atoms with van der Waals surface area (Å²) in [5, 5.41) is 0. The fourth-order valence-corrected chi connectivity index (χ4v) is 4.52. The van der Waals surface area contributed by atoms with Gasteiger partial charge < -0.3 is 4.90 Å². The van der Waals surface area contributed by atoms with Crippen molar-refractivity contribution in [2.24, 2.45) is 0 Å². The maximum absolute atomic E-state index is 12.9. The third-order valence-electron chi connectivity index (χ3n) is 5.90. The Bertz CT molecular complexity index is 908. The predicted molar refractivity (Wildman–Crippen MR) is 97.7 cm³/mol. The van der Waals surface area contributed by atoms with Crippen LogP contribution in [0.4, 0.5) is 13.2 Å². The summed E-state index contributed by atoms with van der Waals surface area (Å²) in [5.41, 5.74) is 1.73. The van der Waals surface area contributed by atoms with E-state index in [9.17, 15) is 18.0 Å². The van der Waals surface area contributed by atoms with Crippen molar-refractivity contribution < 1.29 is 18.0 Å². The number of hydrogen-bond donors (Lipinski definition) is 0. The standard InChI is InChI=1S/C21H22F3N3O/c1-14-25-12-16-6-8-20(19(16)26-14)7-3-9-27(13-20)18(28)11-15-4-2-5-17(10-15)21(22,23)24/h2,4-5,10,12H,3,6-9,11,13H2,1H3. The molecule has 0 radical (unpaired) electrons. The number of piperidine rings is 1. The van der Waals surface area contributed by atoms with Gasteiger partial charge in [0, 0.05) is 24.7 Å². The lowest BCUT2D eigenvalue weighted by Gasteiger charge is -2.40. The van der Waals surface area contributed by atoms with Crippen molar-refractivity contribution in [1.82, 2.24) is 14.9 Å². The van der Waals surface area contributed by atoms with Gasteiger partial charge in [0.15, 0.2) is 0 Å². The molecule has 4 rings (SSSR count). The fourth-order valence-electron chi connectivity index (χ4n) is 4.52. The SMILES string of the molecule is Cc1ncc2c(n1)C1(CCCN(C(=O)Cc3cccc(C(F)(F)F)c3)C1)CC2. The van der Waals surface area contributed by atoms with Crippen molar-refractivity contribution in [3.63, 3.8) is 0 Å². The number of likely N-dealkylation sites (tertiary alicyclic amines) is 1. The zero-order valence-electron chi connectivity index (χ0n) is 15.7. The molecule has 4 nitrogen and oxygen atoms in total. The number of amides is 1. The van der Waals surface area contributed by atoms with Gasteiger partial charge in [-0.05, 0) is 49.8 Å². The summed E-state index contributed by atoms with van der Waals surface area (Å²) >= 11 is 0. The first-order chi connectivity index (χ1) is 13.3. The van der Waals surface area contributed by atoms with Crippen LogP contribution in [0, 0.1) is 6.92 Å². The summed E-state index contributed by atoms with van der Waals surface area (Å²) in [7, 11) is 0. The molecular weight excluding hydrogens is 367 g/mol. The monoisotopic (exact) mass is 389 g/mol. The van der Waals surface area contributed by atoms with E-state index in [1.54, 1.807) is 11.0 Å². The van der Waals surface area contributed by atoms with Gasteiger partial charge in [-0.3, -0.25) is 4.79 Å². The van der Waals surface area contributed by atoms with Crippen molar-refractivity contribution in [3.8, 4) is 0 Å². The molecular formula is C21H22F3N3O. The van der Waals surface area contributed by atoms with Gasteiger partial charge in [0.2, 0.25) is 5.91 Å². The van der Waals surface area contributed by atoms with Gasteiger partial charge in [-0.2, -0.15) is 13.2 Å². The van der Waals surface area contributed by atoms with Gasteiger partial charge in [-0.25, -0.2) is 9.97 Å². The van der Waals surface area contributed by atoms with Gasteiger partial charge in [-0.15, -0.1) is 0 Å². The van der Waals surface area contributed by atoms with E-state index in [-0.39, 0.29) is 17.7 Å². The van der Waals surface area contributed by atoms with E-state index >= 15 is 0 Å². The van der Waals surface area contributed by atoms with Crippen LogP contribution in [0.2, 0.25) is 0 Å². The van der Waals surface area contributed by atoms with Crippen LogP contribution in [-0.4, -0.2) is 33.9 Å². The van der Waals surface area contributed by atoms with E-state index in [4.69, 9.17) is 0 Å². The van der Waals surface area contributed by atoms with E-state index < -0.39 is 11.7 Å². The average molecular weight is 389 g/mol. The Labute approximate surface area is 161 Å². The lowest BCUT2D eigenvalue weighted by atomic mass is 9.77. The fraction of sp³-hybridized carbons (Fsp3) is 0.476. The van der Waals surface area contributed by atoms with Gasteiger partial charge in [0.05, 0.1) is 17.7 Å². The molecule has 2 aromatic rings. The lowest BCUT2D eigenvalue weighted by Crippen LogP contribution is -2.48. The number of alkyl halides is 3. The number of carbonyl (C=O) groups excluding carboxylic acids is 1. The first-order valence-electron chi connectivity index (χ1n) is 9.54. The van der Waals surface area contributed by atoms with Gasteiger partial charge in [0.25, 0.3) is 0 Å². The molecule has 148 valence electrons. The van der Waals surface area contributed by atoms with Crippen LogP contribution in [0.25, 0.3) is 0 Å². The summed E-state index contributed by atoms with van der Waals surface area (Å²) in [6.07, 6.45) is 1.16. The number of nitrogens with zero attached hydrogens (tertiary/aromatic N) is 3. The molecule has 0 bridgehead atoms. The van der Waals surface area contributed by atoms with Crippen LogP contribution in [0.3, 0.4) is 0 Å². The highest BCUT2D eigenvalue weighted by molar-refractivity contribution is 5.79. The molecule has 1 aromatic carbocycles.